The number of hydrogen-bond acceptors (Lipinski definition) is 4. The molecule has 0 atom stereocenters. The fourth-order valence-electron chi connectivity index (χ4n) is 1.91. The Labute approximate surface area is 116 Å². The summed E-state index contributed by atoms with van der Waals surface area (Å²) in [4.78, 5) is 4.32. The van der Waals surface area contributed by atoms with Gasteiger partial charge >= 0.3 is 0 Å². The van der Waals surface area contributed by atoms with E-state index in [1.54, 1.807) is 24.3 Å². The van der Waals surface area contributed by atoms with E-state index in [9.17, 15) is 4.39 Å². The van der Waals surface area contributed by atoms with E-state index in [-0.39, 0.29) is 0 Å². The molecule has 0 aliphatic heterocycles. The van der Waals surface area contributed by atoms with Gasteiger partial charge in [0.1, 0.15) is 23.5 Å². The highest BCUT2D eigenvalue weighted by Crippen LogP contribution is 2.32. The Morgan fingerprint density at radius 1 is 1.35 bits per heavy atom. The summed E-state index contributed by atoms with van der Waals surface area (Å²) in [5.41, 5.74) is 1.14. The molecule has 2 rings (SSSR count). The molecule has 0 amide bonds. The second-order valence-electron chi connectivity index (χ2n) is 4.05. The van der Waals surface area contributed by atoms with E-state index in [0.29, 0.717) is 34.9 Å². The molecule has 20 heavy (non-hydrogen) atoms. The van der Waals surface area contributed by atoms with E-state index < -0.39 is 5.82 Å². The van der Waals surface area contributed by atoms with Crippen LogP contribution >= 0.6 is 0 Å². The van der Waals surface area contributed by atoms with Crippen molar-refractivity contribution >= 4 is 5.82 Å². The average Bonchev–Trinajstić information content (AvgIpc) is 2.47. The Bertz CT molecular complexity index is 665. The van der Waals surface area contributed by atoms with Gasteiger partial charge in [0.2, 0.25) is 0 Å². The van der Waals surface area contributed by atoms with Crippen molar-refractivity contribution in [1.82, 2.24) is 4.98 Å². The van der Waals surface area contributed by atoms with Crippen molar-refractivity contribution in [2.24, 2.45) is 0 Å². The van der Waals surface area contributed by atoms with Gasteiger partial charge < -0.3 is 10.1 Å². The smallest absolute Gasteiger partial charge is 0.144 e. The molecule has 1 N–H and O–H groups in total. The van der Waals surface area contributed by atoms with Crippen LogP contribution in [0.4, 0.5) is 10.2 Å². The summed E-state index contributed by atoms with van der Waals surface area (Å²) in [6.07, 6.45) is 0. The Hall–Kier alpha value is -2.61. The topological polar surface area (TPSA) is 57.9 Å². The molecule has 1 aromatic heterocycles. The summed E-state index contributed by atoms with van der Waals surface area (Å²) in [6.45, 7) is 2.53. The fraction of sp³-hybridized carbons (Fsp3) is 0.200. The average molecular weight is 271 g/mol. The number of nitriles is 1. The first-order valence-corrected chi connectivity index (χ1v) is 6.19. The monoisotopic (exact) mass is 271 g/mol. The molecule has 2 aromatic rings. The van der Waals surface area contributed by atoms with Gasteiger partial charge in [-0.05, 0) is 31.2 Å². The van der Waals surface area contributed by atoms with Gasteiger partial charge in [-0.3, -0.25) is 0 Å². The fourth-order valence-corrected chi connectivity index (χ4v) is 1.91. The van der Waals surface area contributed by atoms with Crippen LogP contribution in [-0.2, 0) is 0 Å². The number of nitrogens with one attached hydrogen (secondary N) is 1. The molecule has 0 saturated carbocycles. The Kier molecular flexibility index (Phi) is 4.16. The third-order valence-corrected chi connectivity index (χ3v) is 2.81. The van der Waals surface area contributed by atoms with Gasteiger partial charge in [0.25, 0.3) is 0 Å². The van der Waals surface area contributed by atoms with E-state index in [2.05, 4.69) is 16.4 Å². The first-order chi connectivity index (χ1) is 9.71. The number of benzene rings is 1. The van der Waals surface area contributed by atoms with Crippen LogP contribution in [0.25, 0.3) is 11.3 Å². The number of ether oxygens (including phenoxy) is 1. The highest BCUT2D eigenvalue weighted by Gasteiger charge is 2.14. The quantitative estimate of drug-likeness (QED) is 0.927. The van der Waals surface area contributed by atoms with E-state index in [0.717, 1.165) is 0 Å². The van der Waals surface area contributed by atoms with Crippen LogP contribution in [0.3, 0.4) is 0 Å². The zero-order valence-electron chi connectivity index (χ0n) is 11.3. The summed E-state index contributed by atoms with van der Waals surface area (Å²) >= 11 is 0. The van der Waals surface area contributed by atoms with Crippen LogP contribution in [0.15, 0.2) is 30.3 Å². The zero-order valence-corrected chi connectivity index (χ0v) is 11.3. The molecule has 0 unspecified atom stereocenters. The van der Waals surface area contributed by atoms with Crippen molar-refractivity contribution in [3.8, 4) is 23.1 Å². The summed E-state index contributed by atoms with van der Waals surface area (Å²) in [7, 11) is 1.48. The van der Waals surface area contributed by atoms with Crippen molar-refractivity contribution in [2.45, 2.75) is 6.92 Å². The minimum absolute atomic E-state index is 0.290. The lowest BCUT2D eigenvalue weighted by atomic mass is 10.1. The molecule has 0 aliphatic carbocycles. The van der Waals surface area contributed by atoms with E-state index >= 15 is 0 Å². The number of nitrogens with zero attached hydrogens (tertiary/aromatic N) is 2. The molecule has 0 aliphatic rings. The SMILES string of the molecule is CCNc1nc(-c2c(F)cccc2OC)ccc1C#N. The van der Waals surface area contributed by atoms with Crippen LogP contribution in [-0.4, -0.2) is 18.6 Å². The Morgan fingerprint density at radius 3 is 2.80 bits per heavy atom. The van der Waals surface area contributed by atoms with Gasteiger partial charge in [-0.2, -0.15) is 5.26 Å². The lowest BCUT2D eigenvalue weighted by molar-refractivity contribution is 0.413. The standard InChI is InChI=1S/C15H14FN3O/c1-3-18-15-10(9-17)7-8-12(19-15)14-11(16)5-4-6-13(14)20-2/h4-8H,3H2,1-2H3,(H,18,19). The summed E-state index contributed by atoms with van der Waals surface area (Å²) in [6, 6.07) is 9.88. The summed E-state index contributed by atoms with van der Waals surface area (Å²) < 4.78 is 19.2. The molecule has 1 aromatic carbocycles. The highest BCUT2D eigenvalue weighted by molar-refractivity contribution is 5.70. The first kappa shape index (κ1) is 13.8. The number of pyridine rings is 1. The first-order valence-electron chi connectivity index (χ1n) is 6.19. The molecule has 5 heteroatoms. The third-order valence-electron chi connectivity index (χ3n) is 2.81. The van der Waals surface area contributed by atoms with Gasteiger partial charge in [-0.25, -0.2) is 9.37 Å². The van der Waals surface area contributed by atoms with Crippen molar-refractivity contribution in [3.05, 3.63) is 41.7 Å². The van der Waals surface area contributed by atoms with Crippen molar-refractivity contribution in [1.29, 1.82) is 5.26 Å². The number of rotatable bonds is 4. The zero-order chi connectivity index (χ0) is 14.5. The maximum absolute atomic E-state index is 14.0. The molecule has 0 fully saturated rings. The molecule has 102 valence electrons. The summed E-state index contributed by atoms with van der Waals surface area (Å²) in [5, 5.41) is 12.0. The van der Waals surface area contributed by atoms with E-state index in [1.807, 2.05) is 6.92 Å². The van der Waals surface area contributed by atoms with Crippen LogP contribution < -0.4 is 10.1 Å². The van der Waals surface area contributed by atoms with Gasteiger partial charge in [-0.15, -0.1) is 0 Å². The molecule has 0 saturated heterocycles. The molecule has 1 heterocycles. The summed E-state index contributed by atoms with van der Waals surface area (Å²) in [5.74, 6) is 0.437. The number of anilines is 1. The van der Waals surface area contributed by atoms with Crippen molar-refractivity contribution in [3.63, 3.8) is 0 Å². The van der Waals surface area contributed by atoms with Gasteiger partial charge in [0, 0.05) is 6.54 Å². The Balaban J connectivity index is 2.59. The third kappa shape index (κ3) is 2.54. The van der Waals surface area contributed by atoms with Crippen LogP contribution in [0.5, 0.6) is 5.75 Å². The molecular weight excluding hydrogens is 257 g/mol. The highest BCUT2D eigenvalue weighted by atomic mass is 19.1. The largest absolute Gasteiger partial charge is 0.496 e. The van der Waals surface area contributed by atoms with Crippen LogP contribution in [0, 0.1) is 17.1 Å². The van der Waals surface area contributed by atoms with E-state index in [4.69, 9.17) is 10.00 Å². The molecule has 0 radical (unpaired) electrons. The molecule has 0 spiro atoms. The maximum Gasteiger partial charge on any atom is 0.144 e. The molecule has 4 nitrogen and oxygen atoms in total. The Morgan fingerprint density at radius 2 is 2.15 bits per heavy atom. The van der Waals surface area contributed by atoms with Gasteiger partial charge in [-0.1, -0.05) is 6.07 Å². The minimum Gasteiger partial charge on any atom is -0.496 e. The number of hydrogen-bond donors (Lipinski definition) is 1. The number of halogens is 1. The lowest BCUT2D eigenvalue weighted by Gasteiger charge is -2.11. The van der Waals surface area contributed by atoms with Crippen molar-refractivity contribution in [2.75, 3.05) is 19.0 Å². The molecular formula is C15H14FN3O. The molecule has 0 bridgehead atoms. The maximum atomic E-state index is 14.0. The second-order valence-corrected chi connectivity index (χ2v) is 4.05. The van der Waals surface area contributed by atoms with Crippen molar-refractivity contribution < 1.29 is 9.13 Å². The number of methoxy groups -OCH3 is 1. The van der Waals surface area contributed by atoms with Crippen LogP contribution in [0.1, 0.15) is 12.5 Å². The van der Waals surface area contributed by atoms with Gasteiger partial charge in [0.15, 0.2) is 0 Å². The number of aromatic nitrogens is 1. The predicted octanol–water partition coefficient (Wildman–Crippen LogP) is 3.20. The minimum atomic E-state index is -0.413. The normalized spacial score (nSPS) is 9.90. The van der Waals surface area contributed by atoms with Gasteiger partial charge in [0.05, 0.1) is 23.9 Å². The van der Waals surface area contributed by atoms with E-state index in [1.165, 1.54) is 13.2 Å². The predicted molar refractivity (Wildman–Crippen MR) is 75.1 cm³/mol. The lowest BCUT2D eigenvalue weighted by Crippen LogP contribution is -2.03. The second kappa shape index (κ2) is 6.02. The van der Waals surface area contributed by atoms with Crippen LogP contribution in [0.2, 0.25) is 0 Å².